The molecule has 0 heterocycles. The lowest BCUT2D eigenvalue weighted by Crippen LogP contribution is -2.45. The number of nitrogens with one attached hydrogen (secondary N) is 2. The Morgan fingerprint density at radius 1 is 0.905 bits per heavy atom. The maximum absolute atomic E-state index is 14.0. The van der Waals surface area contributed by atoms with Crippen LogP contribution in [-0.4, -0.2) is 47.7 Å². The van der Waals surface area contributed by atoms with Crippen molar-refractivity contribution in [3.05, 3.63) is 101 Å². The number of carbonyl (C=O) groups excluding carboxylic acids is 1. The van der Waals surface area contributed by atoms with Gasteiger partial charge in [0.2, 0.25) is 5.91 Å². The second-order valence-electron chi connectivity index (χ2n) is 11.6. The number of nitrogens with zero attached hydrogens (tertiary/aromatic N) is 1. The van der Waals surface area contributed by atoms with E-state index in [0.29, 0.717) is 18.5 Å². The van der Waals surface area contributed by atoms with Crippen LogP contribution in [0.15, 0.2) is 66.7 Å². The van der Waals surface area contributed by atoms with E-state index >= 15 is 0 Å². The van der Waals surface area contributed by atoms with Crippen LogP contribution in [0.3, 0.4) is 0 Å². The minimum absolute atomic E-state index is 0.0914. The number of rotatable bonds is 16. The van der Waals surface area contributed by atoms with Gasteiger partial charge in [-0.05, 0) is 85.0 Å². The van der Waals surface area contributed by atoms with Gasteiger partial charge in [-0.1, -0.05) is 57.2 Å². The summed E-state index contributed by atoms with van der Waals surface area (Å²) in [5.74, 6) is -1.20. The summed E-state index contributed by atoms with van der Waals surface area (Å²) in [5.41, 5.74) is 4.42. The molecule has 1 aliphatic rings. The average Bonchev–Trinajstić information content (AvgIpc) is 3.76. The summed E-state index contributed by atoms with van der Waals surface area (Å²) in [6.45, 7) is 8.06. The van der Waals surface area contributed by atoms with Crippen molar-refractivity contribution < 1.29 is 18.7 Å². The predicted octanol–water partition coefficient (Wildman–Crippen LogP) is 6.38. The Morgan fingerprint density at radius 2 is 1.57 bits per heavy atom. The Labute approximate surface area is 249 Å². The molecule has 0 bridgehead atoms. The molecule has 0 aromatic heterocycles. The SMILES string of the molecule is CCCN(CCC)C(=O)Cc1cccc(NC(Cc2cc(F)cc(F)c2)C(O)CNC2(c3cccc(CC)c3)CC2)c1. The largest absolute Gasteiger partial charge is 0.390 e. The molecular formula is C35H45F2N3O2. The summed E-state index contributed by atoms with van der Waals surface area (Å²) < 4.78 is 28.1. The fourth-order valence-electron chi connectivity index (χ4n) is 5.66. The first kappa shape index (κ1) is 31.6. The van der Waals surface area contributed by atoms with Gasteiger partial charge in [-0.3, -0.25) is 4.79 Å². The maximum Gasteiger partial charge on any atom is 0.226 e. The minimum Gasteiger partial charge on any atom is -0.390 e. The molecule has 3 aromatic rings. The average molecular weight is 578 g/mol. The van der Waals surface area contributed by atoms with Gasteiger partial charge in [0.25, 0.3) is 0 Å². The number of hydrogen-bond acceptors (Lipinski definition) is 4. The van der Waals surface area contributed by atoms with Crippen LogP contribution in [-0.2, 0) is 29.6 Å². The fourth-order valence-corrected chi connectivity index (χ4v) is 5.66. The Morgan fingerprint density at radius 3 is 2.21 bits per heavy atom. The van der Waals surface area contributed by atoms with Gasteiger partial charge >= 0.3 is 0 Å². The molecule has 0 saturated heterocycles. The molecule has 42 heavy (non-hydrogen) atoms. The molecule has 0 aliphatic heterocycles. The van der Waals surface area contributed by atoms with Gasteiger partial charge in [0.1, 0.15) is 11.6 Å². The lowest BCUT2D eigenvalue weighted by Gasteiger charge is -2.28. The summed E-state index contributed by atoms with van der Waals surface area (Å²) in [7, 11) is 0. The summed E-state index contributed by atoms with van der Waals surface area (Å²) in [5, 5.41) is 18.5. The van der Waals surface area contributed by atoms with E-state index in [1.165, 1.54) is 23.3 Å². The third kappa shape index (κ3) is 8.62. The highest BCUT2D eigenvalue weighted by Crippen LogP contribution is 2.45. The normalized spacial score (nSPS) is 15.2. The number of carbonyl (C=O) groups is 1. The maximum atomic E-state index is 14.0. The molecule has 3 aromatic carbocycles. The van der Waals surface area contributed by atoms with E-state index in [1.807, 2.05) is 29.2 Å². The molecule has 2 atom stereocenters. The number of aliphatic hydroxyl groups is 1. The van der Waals surface area contributed by atoms with Crippen LogP contribution in [0.2, 0.25) is 0 Å². The quantitative estimate of drug-likeness (QED) is 0.185. The molecule has 2 unspecified atom stereocenters. The molecular weight excluding hydrogens is 532 g/mol. The van der Waals surface area contributed by atoms with Crippen molar-refractivity contribution in [1.29, 1.82) is 0 Å². The Bertz CT molecular complexity index is 1300. The monoisotopic (exact) mass is 577 g/mol. The number of hydrogen-bond donors (Lipinski definition) is 3. The van der Waals surface area contributed by atoms with Crippen molar-refractivity contribution in [1.82, 2.24) is 10.2 Å². The molecule has 1 aliphatic carbocycles. The number of benzene rings is 3. The van der Waals surface area contributed by atoms with Gasteiger partial charge in [0.05, 0.1) is 18.6 Å². The molecule has 3 N–H and O–H groups in total. The van der Waals surface area contributed by atoms with Crippen LogP contribution in [0.5, 0.6) is 0 Å². The van der Waals surface area contributed by atoms with E-state index in [-0.39, 0.29) is 17.9 Å². The summed E-state index contributed by atoms with van der Waals surface area (Å²) in [6.07, 6.45) is 4.42. The first-order chi connectivity index (χ1) is 20.2. The number of amides is 1. The van der Waals surface area contributed by atoms with Crippen LogP contribution in [0, 0.1) is 11.6 Å². The van der Waals surface area contributed by atoms with Crippen molar-refractivity contribution in [3.8, 4) is 0 Å². The Balaban J connectivity index is 1.50. The Hall–Kier alpha value is -3.29. The molecule has 226 valence electrons. The molecule has 4 rings (SSSR count). The summed E-state index contributed by atoms with van der Waals surface area (Å²) >= 11 is 0. The molecule has 1 amide bonds. The number of aryl methyl sites for hydroxylation is 1. The lowest BCUT2D eigenvalue weighted by molar-refractivity contribution is -0.130. The first-order valence-electron chi connectivity index (χ1n) is 15.4. The van der Waals surface area contributed by atoms with Crippen LogP contribution in [0.25, 0.3) is 0 Å². The van der Waals surface area contributed by atoms with Gasteiger partial charge in [-0.15, -0.1) is 0 Å². The standard InChI is InChI=1S/C35H45F2N3O2/c1-4-15-40(16-5-2)34(42)22-26-10-8-12-31(20-26)39-32(21-27-18-29(36)23-30(37)19-27)33(41)24-38-35(13-14-35)28-11-7-9-25(6-3)17-28/h7-12,17-20,23,32-33,38-39,41H,4-6,13-16,21-22,24H2,1-3H3. The number of anilines is 1. The molecule has 5 nitrogen and oxygen atoms in total. The molecule has 0 radical (unpaired) electrons. The van der Waals surface area contributed by atoms with E-state index in [1.54, 1.807) is 0 Å². The zero-order chi connectivity index (χ0) is 30.1. The van der Waals surface area contributed by atoms with Crippen molar-refractivity contribution in [3.63, 3.8) is 0 Å². The first-order valence-corrected chi connectivity index (χ1v) is 15.4. The molecule has 7 heteroatoms. The van der Waals surface area contributed by atoms with Gasteiger partial charge in [0.15, 0.2) is 0 Å². The second kappa shape index (κ2) is 14.7. The van der Waals surface area contributed by atoms with Gasteiger partial charge in [-0.2, -0.15) is 0 Å². The van der Waals surface area contributed by atoms with Crippen molar-refractivity contribution in [2.24, 2.45) is 0 Å². The zero-order valence-electron chi connectivity index (χ0n) is 25.1. The van der Waals surface area contributed by atoms with Crippen molar-refractivity contribution in [2.75, 3.05) is 25.0 Å². The highest BCUT2D eigenvalue weighted by molar-refractivity contribution is 5.79. The number of halogens is 2. The predicted molar refractivity (Wildman–Crippen MR) is 166 cm³/mol. The zero-order valence-corrected chi connectivity index (χ0v) is 25.1. The fraction of sp³-hybridized carbons (Fsp3) is 0.457. The van der Waals surface area contributed by atoms with E-state index in [9.17, 15) is 18.7 Å². The summed E-state index contributed by atoms with van der Waals surface area (Å²) in [4.78, 5) is 14.9. The topological polar surface area (TPSA) is 64.6 Å². The van der Waals surface area contributed by atoms with Gasteiger partial charge in [-0.25, -0.2) is 8.78 Å². The van der Waals surface area contributed by atoms with Crippen molar-refractivity contribution >= 4 is 11.6 Å². The molecule has 0 spiro atoms. The Kier molecular flexibility index (Phi) is 11.1. The molecule has 1 saturated carbocycles. The molecule has 1 fully saturated rings. The van der Waals surface area contributed by atoms with E-state index < -0.39 is 23.8 Å². The highest BCUT2D eigenvalue weighted by Gasteiger charge is 2.44. The van der Waals surface area contributed by atoms with Crippen LogP contribution >= 0.6 is 0 Å². The lowest BCUT2D eigenvalue weighted by atomic mass is 9.98. The van der Waals surface area contributed by atoms with E-state index in [2.05, 4.69) is 55.7 Å². The smallest absolute Gasteiger partial charge is 0.226 e. The van der Waals surface area contributed by atoms with Crippen LogP contribution < -0.4 is 10.6 Å². The van der Waals surface area contributed by atoms with Gasteiger partial charge in [0, 0.05) is 36.9 Å². The second-order valence-corrected chi connectivity index (χ2v) is 11.6. The van der Waals surface area contributed by atoms with Crippen LogP contribution in [0.1, 0.15) is 68.7 Å². The van der Waals surface area contributed by atoms with E-state index in [4.69, 9.17) is 0 Å². The highest BCUT2D eigenvalue weighted by atomic mass is 19.1. The van der Waals surface area contributed by atoms with Crippen molar-refractivity contribution in [2.45, 2.75) is 83.4 Å². The summed E-state index contributed by atoms with van der Waals surface area (Å²) in [6, 6.07) is 19.1. The van der Waals surface area contributed by atoms with E-state index in [0.717, 1.165) is 62.5 Å². The third-order valence-electron chi connectivity index (χ3n) is 8.10. The van der Waals surface area contributed by atoms with Gasteiger partial charge < -0.3 is 20.6 Å². The van der Waals surface area contributed by atoms with Crippen LogP contribution in [0.4, 0.5) is 14.5 Å². The third-order valence-corrected chi connectivity index (χ3v) is 8.10. The number of aliphatic hydroxyl groups excluding tert-OH is 1. The minimum atomic E-state index is -0.849.